The standard InChI is InChI=1S/C12H14N2/c1-9(11-5-3-7-13-11)10(2)12-6-4-8-14-12/h3-8,13-14H,1-2H3/b10-9-. The zero-order chi connectivity index (χ0) is 9.97. The second-order valence-electron chi connectivity index (χ2n) is 3.42. The Hall–Kier alpha value is -1.70. The maximum absolute atomic E-state index is 3.21. The molecule has 0 radical (unpaired) electrons. The molecule has 2 nitrogen and oxygen atoms in total. The van der Waals surface area contributed by atoms with E-state index in [1.54, 1.807) is 0 Å². The van der Waals surface area contributed by atoms with Crippen molar-refractivity contribution in [3.63, 3.8) is 0 Å². The summed E-state index contributed by atoms with van der Waals surface area (Å²) in [4.78, 5) is 6.42. The molecular formula is C12H14N2. The highest BCUT2D eigenvalue weighted by molar-refractivity contribution is 5.86. The second kappa shape index (κ2) is 3.58. The maximum atomic E-state index is 3.21. The number of nitrogens with one attached hydrogen (secondary N) is 2. The van der Waals surface area contributed by atoms with E-state index in [1.165, 1.54) is 22.5 Å². The summed E-state index contributed by atoms with van der Waals surface area (Å²) in [5, 5.41) is 0. The summed E-state index contributed by atoms with van der Waals surface area (Å²) in [5.74, 6) is 0. The van der Waals surface area contributed by atoms with Crippen LogP contribution in [0.3, 0.4) is 0 Å². The Morgan fingerprint density at radius 1 is 0.857 bits per heavy atom. The average molecular weight is 186 g/mol. The van der Waals surface area contributed by atoms with Gasteiger partial charge in [-0.15, -0.1) is 0 Å². The van der Waals surface area contributed by atoms with Gasteiger partial charge in [-0.05, 0) is 49.3 Å². The average Bonchev–Trinajstić information content (AvgIpc) is 2.87. The van der Waals surface area contributed by atoms with E-state index < -0.39 is 0 Å². The van der Waals surface area contributed by atoms with Gasteiger partial charge in [0.1, 0.15) is 0 Å². The molecule has 0 saturated carbocycles. The highest BCUT2D eigenvalue weighted by atomic mass is 14.7. The number of aromatic amines is 2. The third-order valence-corrected chi connectivity index (χ3v) is 2.57. The van der Waals surface area contributed by atoms with Gasteiger partial charge in [-0.1, -0.05) is 0 Å². The monoisotopic (exact) mass is 186 g/mol. The zero-order valence-electron chi connectivity index (χ0n) is 8.46. The number of hydrogen-bond donors (Lipinski definition) is 2. The Bertz CT molecular complexity index is 377. The van der Waals surface area contributed by atoms with Crippen molar-refractivity contribution >= 4 is 11.1 Å². The van der Waals surface area contributed by atoms with Gasteiger partial charge in [0.25, 0.3) is 0 Å². The Morgan fingerprint density at radius 2 is 1.29 bits per heavy atom. The molecule has 2 aromatic heterocycles. The number of hydrogen-bond acceptors (Lipinski definition) is 0. The molecule has 2 rings (SSSR count). The lowest BCUT2D eigenvalue weighted by Gasteiger charge is -2.04. The fraction of sp³-hybridized carbons (Fsp3) is 0.167. The summed E-state index contributed by atoms with van der Waals surface area (Å²) < 4.78 is 0. The topological polar surface area (TPSA) is 31.6 Å². The lowest BCUT2D eigenvalue weighted by atomic mass is 10.1. The van der Waals surface area contributed by atoms with Gasteiger partial charge < -0.3 is 9.97 Å². The van der Waals surface area contributed by atoms with Crippen LogP contribution in [0, 0.1) is 0 Å². The van der Waals surface area contributed by atoms with E-state index in [2.05, 4.69) is 35.9 Å². The number of rotatable bonds is 2. The van der Waals surface area contributed by atoms with E-state index >= 15 is 0 Å². The van der Waals surface area contributed by atoms with Gasteiger partial charge in [-0.3, -0.25) is 0 Å². The van der Waals surface area contributed by atoms with E-state index in [-0.39, 0.29) is 0 Å². The van der Waals surface area contributed by atoms with Crippen molar-refractivity contribution in [2.24, 2.45) is 0 Å². The number of allylic oxidation sites excluding steroid dienone is 2. The number of aromatic nitrogens is 2. The molecule has 0 fully saturated rings. The summed E-state index contributed by atoms with van der Waals surface area (Å²) in [5.41, 5.74) is 4.91. The first-order chi connectivity index (χ1) is 6.79. The van der Waals surface area contributed by atoms with E-state index in [9.17, 15) is 0 Å². The summed E-state index contributed by atoms with van der Waals surface area (Å²) in [6, 6.07) is 8.20. The predicted octanol–water partition coefficient (Wildman–Crippen LogP) is 3.29. The van der Waals surface area contributed by atoms with Gasteiger partial charge in [-0.25, -0.2) is 0 Å². The molecule has 2 heteroatoms. The molecule has 0 atom stereocenters. The van der Waals surface area contributed by atoms with Gasteiger partial charge in [-0.2, -0.15) is 0 Å². The molecule has 0 unspecified atom stereocenters. The Kier molecular flexibility index (Phi) is 2.27. The molecule has 0 aliphatic carbocycles. The second-order valence-corrected chi connectivity index (χ2v) is 3.42. The van der Waals surface area contributed by atoms with Crippen LogP contribution >= 0.6 is 0 Å². The van der Waals surface area contributed by atoms with Gasteiger partial charge >= 0.3 is 0 Å². The van der Waals surface area contributed by atoms with Crippen LogP contribution in [-0.4, -0.2) is 9.97 Å². The molecule has 2 aromatic rings. The molecule has 0 aromatic carbocycles. The van der Waals surface area contributed by atoms with Crippen molar-refractivity contribution in [1.29, 1.82) is 0 Å². The van der Waals surface area contributed by atoms with Crippen LogP contribution < -0.4 is 0 Å². The van der Waals surface area contributed by atoms with Crippen molar-refractivity contribution < 1.29 is 0 Å². The molecular weight excluding hydrogens is 172 g/mol. The molecule has 0 bridgehead atoms. The fourth-order valence-corrected chi connectivity index (χ4v) is 1.53. The lowest BCUT2D eigenvalue weighted by molar-refractivity contribution is 1.31. The SMILES string of the molecule is C/C(=C(\C)c1ccc[nH]1)c1ccc[nH]1. The molecule has 0 amide bonds. The van der Waals surface area contributed by atoms with Crippen LogP contribution in [0.25, 0.3) is 11.1 Å². The first kappa shape index (κ1) is 8.88. The first-order valence-electron chi connectivity index (χ1n) is 4.74. The smallest absolute Gasteiger partial charge is 0.0413 e. The molecule has 72 valence electrons. The molecule has 0 aliphatic heterocycles. The van der Waals surface area contributed by atoms with Gasteiger partial charge in [0, 0.05) is 23.8 Å². The summed E-state index contributed by atoms with van der Waals surface area (Å²) in [6.07, 6.45) is 3.89. The largest absolute Gasteiger partial charge is 0.361 e. The first-order valence-corrected chi connectivity index (χ1v) is 4.74. The molecule has 2 heterocycles. The van der Waals surface area contributed by atoms with E-state index in [0.717, 1.165) is 0 Å². The van der Waals surface area contributed by atoms with Gasteiger partial charge in [0.15, 0.2) is 0 Å². The van der Waals surface area contributed by atoms with Crippen LogP contribution in [0.5, 0.6) is 0 Å². The molecule has 0 aliphatic rings. The van der Waals surface area contributed by atoms with Crippen LogP contribution in [0.15, 0.2) is 36.7 Å². The Labute approximate surface area is 83.7 Å². The normalized spacial score (nSPS) is 12.7. The third-order valence-electron chi connectivity index (χ3n) is 2.57. The lowest BCUT2D eigenvalue weighted by Crippen LogP contribution is -1.85. The minimum Gasteiger partial charge on any atom is -0.361 e. The third kappa shape index (κ3) is 1.51. The molecule has 14 heavy (non-hydrogen) atoms. The molecule has 0 spiro atoms. The summed E-state index contributed by atoms with van der Waals surface area (Å²) in [7, 11) is 0. The van der Waals surface area contributed by atoms with Crippen LogP contribution in [0.1, 0.15) is 25.2 Å². The summed E-state index contributed by atoms with van der Waals surface area (Å²) in [6.45, 7) is 4.25. The number of H-pyrrole nitrogens is 2. The van der Waals surface area contributed by atoms with Crippen molar-refractivity contribution in [3.05, 3.63) is 48.0 Å². The quantitative estimate of drug-likeness (QED) is 0.721. The fourth-order valence-electron chi connectivity index (χ4n) is 1.53. The Morgan fingerprint density at radius 3 is 1.57 bits per heavy atom. The highest BCUT2D eigenvalue weighted by Gasteiger charge is 2.03. The van der Waals surface area contributed by atoms with E-state index in [1.807, 2.05) is 24.5 Å². The summed E-state index contributed by atoms with van der Waals surface area (Å²) >= 11 is 0. The molecule has 2 N–H and O–H groups in total. The Balaban J connectivity index is 2.41. The van der Waals surface area contributed by atoms with Crippen molar-refractivity contribution in [2.45, 2.75) is 13.8 Å². The van der Waals surface area contributed by atoms with Crippen molar-refractivity contribution in [2.75, 3.05) is 0 Å². The zero-order valence-corrected chi connectivity index (χ0v) is 8.46. The van der Waals surface area contributed by atoms with E-state index in [4.69, 9.17) is 0 Å². The predicted molar refractivity (Wildman–Crippen MR) is 59.7 cm³/mol. The van der Waals surface area contributed by atoms with Crippen LogP contribution in [0.4, 0.5) is 0 Å². The minimum atomic E-state index is 1.18. The van der Waals surface area contributed by atoms with E-state index in [0.29, 0.717) is 0 Å². The van der Waals surface area contributed by atoms with Gasteiger partial charge in [0.2, 0.25) is 0 Å². The highest BCUT2D eigenvalue weighted by Crippen LogP contribution is 2.22. The molecule has 0 saturated heterocycles. The maximum Gasteiger partial charge on any atom is 0.0413 e. The van der Waals surface area contributed by atoms with Crippen molar-refractivity contribution in [1.82, 2.24) is 9.97 Å². The van der Waals surface area contributed by atoms with Crippen LogP contribution in [0.2, 0.25) is 0 Å². The van der Waals surface area contributed by atoms with Crippen molar-refractivity contribution in [3.8, 4) is 0 Å². The van der Waals surface area contributed by atoms with Gasteiger partial charge in [0.05, 0.1) is 0 Å². The minimum absolute atomic E-state index is 1.18. The van der Waals surface area contributed by atoms with Crippen LogP contribution in [-0.2, 0) is 0 Å².